The fourth-order valence-corrected chi connectivity index (χ4v) is 5.28. The third kappa shape index (κ3) is 6.96. The quantitative estimate of drug-likeness (QED) is 0.138. The molecular weight excluding hydrogens is 495 g/mol. The minimum Gasteiger partial charge on any atom is -0.445 e. The Kier molecular flexibility index (Phi) is 8.18. The van der Waals surface area contributed by atoms with E-state index in [4.69, 9.17) is 13.8 Å². The van der Waals surface area contributed by atoms with Gasteiger partial charge in [-0.15, -0.1) is 0 Å². The largest absolute Gasteiger partial charge is 0.457 e. The summed E-state index contributed by atoms with van der Waals surface area (Å²) in [5.41, 5.74) is 0.628. The molecule has 1 unspecified atom stereocenters. The molecule has 1 N–H and O–H groups in total. The number of carbonyl (C=O) groups is 1. The number of nitrogens with zero attached hydrogens (tertiary/aromatic N) is 1. The second kappa shape index (κ2) is 11.9. The molecule has 9 nitrogen and oxygen atoms in total. The molecule has 0 aliphatic rings. The van der Waals surface area contributed by atoms with Crippen LogP contribution in [0, 0.1) is 10.1 Å². The molecule has 0 heterocycles. The zero-order valence-electron chi connectivity index (χ0n) is 19.5. The van der Waals surface area contributed by atoms with Gasteiger partial charge in [-0.05, 0) is 35.4 Å². The molecule has 10 heteroatoms. The molecule has 0 aliphatic carbocycles. The van der Waals surface area contributed by atoms with Crippen LogP contribution in [-0.2, 0) is 15.9 Å². The van der Waals surface area contributed by atoms with Crippen LogP contribution in [0.15, 0.2) is 115 Å². The SMILES string of the molecule is O=C(NC(c1cccc([N+](=O)[O-])c1)P(=O)(Oc1ccccc1)Oc1ccccc1)OCc1ccccc1. The van der Waals surface area contributed by atoms with Gasteiger partial charge < -0.3 is 19.1 Å². The lowest BCUT2D eigenvalue weighted by Gasteiger charge is -2.28. The van der Waals surface area contributed by atoms with E-state index >= 15 is 0 Å². The number of hydrogen-bond acceptors (Lipinski definition) is 7. The third-order valence-electron chi connectivity index (χ3n) is 5.13. The van der Waals surface area contributed by atoms with E-state index in [1.165, 1.54) is 24.3 Å². The van der Waals surface area contributed by atoms with Crippen LogP contribution in [-0.4, -0.2) is 11.0 Å². The van der Waals surface area contributed by atoms with Gasteiger partial charge in [-0.1, -0.05) is 78.9 Å². The van der Waals surface area contributed by atoms with Crippen molar-refractivity contribution >= 4 is 19.4 Å². The van der Waals surface area contributed by atoms with Gasteiger partial charge in [0.05, 0.1) is 4.92 Å². The Morgan fingerprint density at radius 3 is 1.89 bits per heavy atom. The van der Waals surface area contributed by atoms with Crippen molar-refractivity contribution < 1.29 is 28.1 Å². The second-order valence-electron chi connectivity index (χ2n) is 7.81. The topological polar surface area (TPSA) is 117 Å². The smallest absolute Gasteiger partial charge is 0.445 e. The number of amides is 1. The first kappa shape index (κ1) is 25.5. The summed E-state index contributed by atoms with van der Waals surface area (Å²) in [5.74, 6) is -1.01. The standard InChI is InChI=1S/C27H23N2O7P/c30-27(34-20-21-11-4-1-5-12-21)28-26(22-13-10-14-23(19-22)29(31)32)37(33,35-24-15-6-2-7-16-24)36-25-17-8-3-9-18-25/h1-19,26H,20H2,(H,28,30). The fraction of sp³-hybridized carbons (Fsp3) is 0.0741. The number of ether oxygens (including phenoxy) is 1. The number of nitrogens with one attached hydrogen (secondary N) is 1. The van der Waals surface area contributed by atoms with Crippen LogP contribution in [0.3, 0.4) is 0 Å². The molecule has 0 spiro atoms. The van der Waals surface area contributed by atoms with Crippen molar-refractivity contribution in [3.63, 3.8) is 0 Å². The molecule has 0 aliphatic heterocycles. The predicted octanol–water partition coefficient (Wildman–Crippen LogP) is 6.87. The van der Waals surface area contributed by atoms with Gasteiger partial charge >= 0.3 is 13.7 Å². The van der Waals surface area contributed by atoms with Gasteiger partial charge in [0.25, 0.3) is 5.69 Å². The third-order valence-corrected chi connectivity index (χ3v) is 7.12. The number of non-ortho nitro benzene ring substituents is 1. The van der Waals surface area contributed by atoms with Crippen LogP contribution >= 0.6 is 7.60 Å². The van der Waals surface area contributed by atoms with Gasteiger partial charge in [0, 0.05) is 12.1 Å². The van der Waals surface area contributed by atoms with E-state index in [2.05, 4.69) is 5.32 Å². The van der Waals surface area contributed by atoms with Crippen molar-refractivity contribution in [2.75, 3.05) is 0 Å². The average molecular weight is 518 g/mol. The lowest BCUT2D eigenvalue weighted by atomic mass is 10.2. The molecule has 4 aromatic rings. The van der Waals surface area contributed by atoms with Crippen LogP contribution in [0.1, 0.15) is 16.9 Å². The molecule has 0 bridgehead atoms. The number of carbonyl (C=O) groups excluding carboxylic acids is 1. The van der Waals surface area contributed by atoms with E-state index in [1.807, 2.05) is 6.07 Å². The normalized spacial score (nSPS) is 11.7. The molecule has 37 heavy (non-hydrogen) atoms. The molecule has 0 saturated heterocycles. The van der Waals surface area contributed by atoms with E-state index in [0.717, 1.165) is 5.56 Å². The summed E-state index contributed by atoms with van der Waals surface area (Å²) in [6, 6.07) is 31.0. The monoisotopic (exact) mass is 518 g/mol. The number of rotatable bonds is 10. The molecule has 1 atom stereocenters. The predicted molar refractivity (Wildman–Crippen MR) is 137 cm³/mol. The van der Waals surface area contributed by atoms with Crippen LogP contribution in [0.5, 0.6) is 11.5 Å². The number of alkyl carbamates (subject to hydrolysis) is 1. The highest BCUT2D eigenvalue weighted by Crippen LogP contribution is 2.59. The van der Waals surface area contributed by atoms with Crippen LogP contribution in [0.25, 0.3) is 0 Å². The summed E-state index contributed by atoms with van der Waals surface area (Å²) in [4.78, 5) is 23.7. The minimum absolute atomic E-state index is 0.0439. The minimum atomic E-state index is -4.33. The molecule has 0 radical (unpaired) electrons. The van der Waals surface area contributed by atoms with Gasteiger partial charge in [0.1, 0.15) is 18.1 Å². The number of para-hydroxylation sites is 2. The van der Waals surface area contributed by atoms with Crippen molar-refractivity contribution in [1.29, 1.82) is 0 Å². The Balaban J connectivity index is 1.71. The first-order valence-electron chi connectivity index (χ1n) is 11.2. The van der Waals surface area contributed by atoms with Crippen molar-refractivity contribution in [3.05, 3.63) is 137 Å². The van der Waals surface area contributed by atoms with Crippen LogP contribution < -0.4 is 14.4 Å². The van der Waals surface area contributed by atoms with E-state index in [1.54, 1.807) is 84.9 Å². The van der Waals surface area contributed by atoms with Gasteiger partial charge in [0.2, 0.25) is 0 Å². The molecule has 0 saturated carbocycles. The van der Waals surface area contributed by atoms with Gasteiger partial charge in [-0.3, -0.25) is 10.1 Å². The number of hydrogen-bond donors (Lipinski definition) is 1. The first-order chi connectivity index (χ1) is 17.9. The molecule has 0 aromatic heterocycles. The Morgan fingerprint density at radius 1 is 0.811 bits per heavy atom. The first-order valence-corrected chi connectivity index (χ1v) is 12.8. The molecule has 4 rings (SSSR count). The highest BCUT2D eigenvalue weighted by Gasteiger charge is 2.43. The van der Waals surface area contributed by atoms with E-state index < -0.39 is 24.4 Å². The Labute approximate surface area is 213 Å². The number of benzene rings is 4. The lowest BCUT2D eigenvalue weighted by molar-refractivity contribution is -0.384. The molecule has 4 aromatic carbocycles. The summed E-state index contributed by atoms with van der Waals surface area (Å²) in [6.07, 6.45) is -0.908. The van der Waals surface area contributed by atoms with Gasteiger partial charge in [-0.2, -0.15) is 0 Å². The highest BCUT2D eigenvalue weighted by molar-refractivity contribution is 7.55. The maximum absolute atomic E-state index is 14.5. The summed E-state index contributed by atoms with van der Waals surface area (Å²) in [7, 11) is -4.33. The zero-order chi connectivity index (χ0) is 26.1. The molecule has 188 valence electrons. The molecular formula is C27H23N2O7P. The van der Waals surface area contributed by atoms with Gasteiger partial charge in [-0.25, -0.2) is 9.36 Å². The van der Waals surface area contributed by atoms with E-state index in [9.17, 15) is 19.5 Å². The maximum Gasteiger partial charge on any atom is 0.457 e. The summed E-state index contributed by atoms with van der Waals surface area (Å²) < 4.78 is 31.6. The lowest BCUT2D eigenvalue weighted by Crippen LogP contribution is -2.31. The van der Waals surface area contributed by atoms with Crippen molar-refractivity contribution in [3.8, 4) is 11.5 Å². The zero-order valence-corrected chi connectivity index (χ0v) is 20.4. The Hall–Kier alpha value is -4.62. The Bertz CT molecular complexity index is 1340. The molecule has 1 amide bonds. The van der Waals surface area contributed by atoms with Crippen molar-refractivity contribution in [2.24, 2.45) is 0 Å². The Morgan fingerprint density at radius 2 is 1.35 bits per heavy atom. The van der Waals surface area contributed by atoms with Crippen molar-refractivity contribution in [1.82, 2.24) is 5.32 Å². The summed E-state index contributed by atoms with van der Waals surface area (Å²) >= 11 is 0. The highest BCUT2D eigenvalue weighted by atomic mass is 31.2. The summed E-state index contributed by atoms with van der Waals surface area (Å²) in [5, 5.41) is 14.0. The van der Waals surface area contributed by atoms with E-state index in [0.29, 0.717) is 0 Å². The summed E-state index contributed by atoms with van der Waals surface area (Å²) in [6.45, 7) is -0.0439. The fourth-order valence-electron chi connectivity index (χ4n) is 3.41. The van der Waals surface area contributed by atoms with Crippen LogP contribution in [0.2, 0.25) is 0 Å². The maximum atomic E-state index is 14.5. The van der Waals surface area contributed by atoms with Crippen molar-refractivity contribution in [2.45, 2.75) is 12.4 Å². The van der Waals surface area contributed by atoms with Crippen LogP contribution in [0.4, 0.5) is 10.5 Å². The molecule has 0 fully saturated rings. The average Bonchev–Trinajstić information content (AvgIpc) is 2.92. The number of nitro benzene ring substituents is 1. The number of nitro groups is 1. The van der Waals surface area contributed by atoms with E-state index in [-0.39, 0.29) is 29.4 Å². The van der Waals surface area contributed by atoms with Gasteiger partial charge in [0.15, 0.2) is 5.78 Å². The second-order valence-corrected chi connectivity index (χ2v) is 9.77.